The molecule has 1 aliphatic heterocycles. The van der Waals surface area contributed by atoms with Crippen molar-refractivity contribution in [2.45, 2.75) is 13.0 Å². The maximum Gasteiger partial charge on any atom is 0.214 e. The van der Waals surface area contributed by atoms with Crippen LogP contribution in [0.15, 0.2) is 18.3 Å². The van der Waals surface area contributed by atoms with Crippen molar-refractivity contribution < 1.29 is 13.2 Å². The lowest BCUT2D eigenvalue weighted by Gasteiger charge is -2.13. The first-order chi connectivity index (χ1) is 7.62. The minimum atomic E-state index is -3.03. The van der Waals surface area contributed by atoms with Gasteiger partial charge < -0.3 is 4.74 Å². The Labute approximate surface area is 95.1 Å². The number of hydrogen-bond donors (Lipinski definition) is 0. The molecule has 0 aromatic carbocycles. The number of sulfonamides is 1. The number of aromatic nitrogens is 1. The highest BCUT2D eigenvalue weighted by Crippen LogP contribution is 2.17. The van der Waals surface area contributed by atoms with E-state index in [1.165, 1.54) is 4.31 Å². The summed E-state index contributed by atoms with van der Waals surface area (Å²) >= 11 is 0. The Morgan fingerprint density at radius 2 is 2.31 bits per heavy atom. The van der Waals surface area contributed by atoms with Crippen LogP contribution in [0.2, 0.25) is 0 Å². The molecule has 1 fully saturated rings. The summed E-state index contributed by atoms with van der Waals surface area (Å²) in [6.07, 6.45) is 2.36. The predicted molar refractivity (Wildman–Crippen MR) is 59.6 cm³/mol. The molecule has 16 heavy (non-hydrogen) atoms. The Bertz CT molecular complexity index is 455. The number of nitrogens with zero attached hydrogens (tertiary/aromatic N) is 2. The molecule has 88 valence electrons. The van der Waals surface area contributed by atoms with Crippen LogP contribution in [-0.2, 0) is 16.6 Å². The van der Waals surface area contributed by atoms with Crippen molar-refractivity contribution in [3.05, 3.63) is 23.9 Å². The summed E-state index contributed by atoms with van der Waals surface area (Å²) in [5, 5.41) is 0. The lowest BCUT2D eigenvalue weighted by Crippen LogP contribution is -2.25. The van der Waals surface area contributed by atoms with Gasteiger partial charge in [0.15, 0.2) is 0 Å². The third-order valence-corrected chi connectivity index (χ3v) is 4.47. The zero-order chi connectivity index (χ0) is 11.6. The van der Waals surface area contributed by atoms with E-state index >= 15 is 0 Å². The first-order valence-electron chi connectivity index (χ1n) is 5.08. The smallest absolute Gasteiger partial charge is 0.214 e. The van der Waals surface area contributed by atoms with Crippen molar-refractivity contribution in [3.63, 3.8) is 0 Å². The summed E-state index contributed by atoms with van der Waals surface area (Å²) in [4.78, 5) is 4.04. The van der Waals surface area contributed by atoms with Gasteiger partial charge in [-0.05, 0) is 12.0 Å². The van der Waals surface area contributed by atoms with Gasteiger partial charge in [-0.15, -0.1) is 0 Å². The number of methoxy groups -OCH3 is 1. The Morgan fingerprint density at radius 1 is 1.50 bits per heavy atom. The monoisotopic (exact) mass is 242 g/mol. The second-order valence-electron chi connectivity index (χ2n) is 3.71. The van der Waals surface area contributed by atoms with E-state index in [0.717, 1.165) is 5.56 Å². The predicted octanol–water partition coefficient (Wildman–Crippen LogP) is 0.626. The molecule has 6 heteroatoms. The minimum absolute atomic E-state index is 0.260. The molecule has 0 saturated carbocycles. The largest absolute Gasteiger partial charge is 0.481 e. The van der Waals surface area contributed by atoms with E-state index in [1.54, 1.807) is 19.4 Å². The van der Waals surface area contributed by atoms with Crippen LogP contribution in [0.4, 0.5) is 0 Å². The Morgan fingerprint density at radius 3 is 2.81 bits per heavy atom. The average molecular weight is 242 g/mol. The zero-order valence-electron chi connectivity index (χ0n) is 9.09. The van der Waals surface area contributed by atoms with E-state index in [-0.39, 0.29) is 5.75 Å². The molecule has 0 spiro atoms. The fourth-order valence-corrected chi connectivity index (χ4v) is 3.20. The number of pyridine rings is 1. The van der Waals surface area contributed by atoms with Crippen LogP contribution in [-0.4, -0.2) is 37.1 Å². The fourth-order valence-electron chi connectivity index (χ4n) is 1.70. The maximum atomic E-state index is 11.6. The maximum absolute atomic E-state index is 11.6. The molecule has 0 unspecified atom stereocenters. The van der Waals surface area contributed by atoms with Crippen LogP contribution in [0.3, 0.4) is 0 Å². The van der Waals surface area contributed by atoms with Crippen molar-refractivity contribution in [1.82, 2.24) is 9.29 Å². The van der Waals surface area contributed by atoms with E-state index < -0.39 is 10.0 Å². The summed E-state index contributed by atoms with van der Waals surface area (Å²) in [7, 11) is -1.48. The SMILES string of the molecule is COc1ccc(CN2CCCS2(=O)=O)cn1. The normalized spacial score (nSPS) is 19.8. The molecule has 0 aliphatic carbocycles. The van der Waals surface area contributed by atoms with Gasteiger partial charge in [0.2, 0.25) is 15.9 Å². The molecule has 5 nitrogen and oxygen atoms in total. The molecule has 1 aliphatic rings. The van der Waals surface area contributed by atoms with Gasteiger partial charge in [-0.1, -0.05) is 6.07 Å². The van der Waals surface area contributed by atoms with Crippen molar-refractivity contribution in [2.75, 3.05) is 19.4 Å². The molecule has 1 saturated heterocycles. The first-order valence-corrected chi connectivity index (χ1v) is 6.69. The topological polar surface area (TPSA) is 59.5 Å². The van der Waals surface area contributed by atoms with E-state index in [9.17, 15) is 8.42 Å². The second-order valence-corrected chi connectivity index (χ2v) is 5.80. The molecule has 0 N–H and O–H groups in total. The van der Waals surface area contributed by atoms with Crippen molar-refractivity contribution in [2.24, 2.45) is 0 Å². The van der Waals surface area contributed by atoms with E-state index in [1.807, 2.05) is 6.07 Å². The summed E-state index contributed by atoms with van der Waals surface area (Å²) in [6, 6.07) is 3.57. The van der Waals surface area contributed by atoms with Gasteiger partial charge in [0.1, 0.15) is 0 Å². The lowest BCUT2D eigenvalue weighted by molar-refractivity contribution is 0.396. The Balaban J connectivity index is 2.09. The number of ether oxygens (including phenoxy) is 1. The van der Waals surface area contributed by atoms with E-state index in [2.05, 4.69) is 4.98 Å². The van der Waals surface area contributed by atoms with Gasteiger partial charge in [-0.3, -0.25) is 0 Å². The van der Waals surface area contributed by atoms with Crippen LogP contribution in [0.1, 0.15) is 12.0 Å². The van der Waals surface area contributed by atoms with Gasteiger partial charge in [0.25, 0.3) is 0 Å². The molecule has 2 heterocycles. The lowest BCUT2D eigenvalue weighted by atomic mass is 10.3. The Kier molecular flexibility index (Phi) is 3.11. The molecule has 0 atom stereocenters. The summed E-state index contributed by atoms with van der Waals surface area (Å²) < 4.78 is 29.6. The molecule has 2 rings (SSSR count). The number of rotatable bonds is 3. The summed E-state index contributed by atoms with van der Waals surface area (Å²) in [6.45, 7) is 1.01. The van der Waals surface area contributed by atoms with Crippen molar-refractivity contribution in [3.8, 4) is 5.88 Å². The van der Waals surface area contributed by atoms with Gasteiger partial charge >= 0.3 is 0 Å². The molecule has 1 aromatic heterocycles. The minimum Gasteiger partial charge on any atom is -0.481 e. The third kappa shape index (κ3) is 2.33. The van der Waals surface area contributed by atoms with Gasteiger partial charge in [0, 0.05) is 25.4 Å². The molecule has 0 radical (unpaired) electrons. The second kappa shape index (κ2) is 4.39. The van der Waals surface area contributed by atoms with E-state index in [0.29, 0.717) is 25.4 Å². The summed E-state index contributed by atoms with van der Waals surface area (Å²) in [5.41, 5.74) is 0.881. The van der Waals surface area contributed by atoms with Crippen LogP contribution >= 0.6 is 0 Å². The molecule has 0 amide bonds. The Hall–Kier alpha value is -1.14. The molecule has 1 aromatic rings. The van der Waals surface area contributed by atoms with Crippen LogP contribution < -0.4 is 4.74 Å². The molecule has 0 bridgehead atoms. The average Bonchev–Trinajstić information content (AvgIpc) is 2.59. The molecular weight excluding hydrogens is 228 g/mol. The standard InChI is InChI=1S/C10H14N2O3S/c1-15-10-4-3-9(7-11-10)8-12-5-2-6-16(12,13)14/h3-4,7H,2,5-6,8H2,1H3. The van der Waals surface area contributed by atoms with Crippen LogP contribution in [0.25, 0.3) is 0 Å². The van der Waals surface area contributed by atoms with Gasteiger partial charge in [0.05, 0.1) is 12.9 Å². The first kappa shape index (κ1) is 11.3. The quantitative estimate of drug-likeness (QED) is 0.780. The van der Waals surface area contributed by atoms with Crippen LogP contribution in [0.5, 0.6) is 5.88 Å². The summed E-state index contributed by atoms with van der Waals surface area (Å²) in [5.74, 6) is 0.796. The fraction of sp³-hybridized carbons (Fsp3) is 0.500. The highest BCUT2D eigenvalue weighted by Gasteiger charge is 2.27. The highest BCUT2D eigenvalue weighted by molar-refractivity contribution is 7.89. The van der Waals surface area contributed by atoms with E-state index in [4.69, 9.17) is 4.74 Å². The zero-order valence-corrected chi connectivity index (χ0v) is 9.90. The molecular formula is C10H14N2O3S. The van der Waals surface area contributed by atoms with Crippen molar-refractivity contribution in [1.29, 1.82) is 0 Å². The van der Waals surface area contributed by atoms with Crippen LogP contribution in [0, 0.1) is 0 Å². The van der Waals surface area contributed by atoms with Gasteiger partial charge in [-0.25, -0.2) is 13.4 Å². The third-order valence-electron chi connectivity index (χ3n) is 2.57. The van der Waals surface area contributed by atoms with Gasteiger partial charge in [-0.2, -0.15) is 4.31 Å². The number of hydrogen-bond acceptors (Lipinski definition) is 4. The van der Waals surface area contributed by atoms with Crippen molar-refractivity contribution >= 4 is 10.0 Å². The highest BCUT2D eigenvalue weighted by atomic mass is 32.2.